The van der Waals surface area contributed by atoms with Crippen LogP contribution in [0.5, 0.6) is 0 Å². The lowest BCUT2D eigenvalue weighted by atomic mass is 9.32. The van der Waals surface area contributed by atoms with E-state index in [2.05, 4.69) is 411 Å². The molecule has 14 aromatic carbocycles. The molecule has 3 nitrogen and oxygen atoms in total. The summed E-state index contributed by atoms with van der Waals surface area (Å²) in [4.78, 5) is 7.94. The van der Waals surface area contributed by atoms with Crippen LogP contribution in [0.2, 0.25) is 0 Å². The third kappa shape index (κ3) is 10.5. The molecule has 1 aliphatic carbocycles. The molecule has 0 amide bonds. The summed E-state index contributed by atoms with van der Waals surface area (Å²) in [6.07, 6.45) is 0. The molecule has 0 saturated carbocycles. The van der Waals surface area contributed by atoms with Crippen molar-refractivity contribution in [2.45, 2.75) is 84.0 Å². The molecule has 0 bridgehead atoms. The van der Waals surface area contributed by atoms with E-state index >= 15 is 0 Å². The summed E-state index contributed by atoms with van der Waals surface area (Å²) in [7, 11) is 0. The quantitative estimate of drug-likeness (QED) is 0.120. The van der Waals surface area contributed by atoms with Crippen molar-refractivity contribution in [3.05, 3.63) is 373 Å². The Balaban J connectivity index is 1.11. The zero-order valence-electron chi connectivity index (χ0n) is 59.2. The van der Waals surface area contributed by atoms with Gasteiger partial charge in [0, 0.05) is 62.1 Å². The molecule has 3 aliphatic rings. The van der Waals surface area contributed by atoms with Gasteiger partial charge in [-0.25, -0.2) is 0 Å². The summed E-state index contributed by atoms with van der Waals surface area (Å²) in [5.41, 5.74) is 33.1. The Morgan fingerprint density at radius 3 is 1.04 bits per heavy atom. The number of benzene rings is 14. The van der Waals surface area contributed by atoms with Gasteiger partial charge in [0.1, 0.15) is 0 Å². The Labute approximate surface area is 597 Å². The maximum atomic E-state index is 2.76. The summed E-state index contributed by atoms with van der Waals surface area (Å²) in [6.45, 7) is 21.1. The van der Waals surface area contributed by atoms with Crippen molar-refractivity contribution < 1.29 is 0 Å². The number of nitrogens with zero attached hydrogens (tertiary/aromatic N) is 3. The van der Waals surface area contributed by atoms with E-state index in [1.165, 1.54) is 88.7 Å². The van der Waals surface area contributed by atoms with Gasteiger partial charge in [-0.3, -0.25) is 0 Å². The Hall–Kier alpha value is -11.5. The first-order valence-corrected chi connectivity index (χ1v) is 35.9. The molecule has 0 N–H and O–H groups in total. The smallest absolute Gasteiger partial charge is 0.252 e. The molecule has 101 heavy (non-hydrogen) atoms. The van der Waals surface area contributed by atoms with Crippen LogP contribution in [0.15, 0.2) is 334 Å². The van der Waals surface area contributed by atoms with Gasteiger partial charge in [-0.05, 0) is 184 Å². The van der Waals surface area contributed by atoms with Crippen molar-refractivity contribution in [2.75, 3.05) is 14.7 Å². The Morgan fingerprint density at radius 1 is 0.277 bits per heavy atom. The first kappa shape index (κ1) is 63.0. The fourth-order valence-corrected chi connectivity index (χ4v) is 16.6. The van der Waals surface area contributed by atoms with Crippen molar-refractivity contribution in [3.8, 4) is 55.6 Å². The topological polar surface area (TPSA) is 9.72 Å². The highest BCUT2D eigenvalue weighted by molar-refractivity contribution is 7.01. The largest absolute Gasteiger partial charge is 0.310 e. The molecule has 0 saturated heterocycles. The van der Waals surface area contributed by atoms with Gasteiger partial charge in [0.25, 0.3) is 6.71 Å². The molecule has 2 aliphatic heterocycles. The number of hydrogen-bond donors (Lipinski definition) is 0. The normalized spacial score (nSPS) is 13.4. The highest BCUT2D eigenvalue weighted by Crippen LogP contribution is 2.60. The molecule has 0 fully saturated rings. The van der Waals surface area contributed by atoms with Gasteiger partial charge in [0.2, 0.25) is 0 Å². The van der Waals surface area contributed by atoms with E-state index in [-0.39, 0.29) is 23.0 Å². The van der Waals surface area contributed by atoms with Gasteiger partial charge >= 0.3 is 0 Å². The van der Waals surface area contributed by atoms with Gasteiger partial charge in [0.05, 0.1) is 16.8 Å². The number of fused-ring (bicyclic) bond motifs is 8. The fourth-order valence-electron chi connectivity index (χ4n) is 16.6. The van der Waals surface area contributed by atoms with E-state index in [4.69, 9.17) is 0 Å². The minimum atomic E-state index is -0.685. The van der Waals surface area contributed by atoms with Gasteiger partial charge in [-0.2, -0.15) is 0 Å². The minimum absolute atomic E-state index is 0.195. The van der Waals surface area contributed by atoms with E-state index in [1.54, 1.807) is 0 Å². The number of hydrogen-bond acceptors (Lipinski definition) is 3. The molecule has 0 aromatic heterocycles. The Kier molecular flexibility index (Phi) is 15.3. The first-order valence-electron chi connectivity index (χ1n) is 35.9. The monoisotopic (exact) mass is 1300 g/mol. The lowest BCUT2D eigenvalue weighted by Gasteiger charge is -2.47. The summed E-state index contributed by atoms with van der Waals surface area (Å²) >= 11 is 0. The maximum Gasteiger partial charge on any atom is 0.252 e. The van der Waals surface area contributed by atoms with Crippen molar-refractivity contribution in [2.24, 2.45) is 0 Å². The first-order chi connectivity index (χ1) is 49.1. The third-order valence-electron chi connectivity index (χ3n) is 21.5. The molecule has 488 valence electrons. The Morgan fingerprint density at radius 2 is 0.634 bits per heavy atom. The van der Waals surface area contributed by atoms with E-state index in [1.807, 2.05) is 0 Å². The summed E-state index contributed by atoms with van der Waals surface area (Å²) in [6, 6.07) is 127. The predicted octanol–water partition coefficient (Wildman–Crippen LogP) is 24.2. The molecular formula is C97H82BN3. The summed E-state index contributed by atoms with van der Waals surface area (Å²) < 4.78 is 0. The second-order valence-corrected chi connectivity index (χ2v) is 30.8. The molecule has 0 atom stereocenters. The van der Waals surface area contributed by atoms with Crippen molar-refractivity contribution in [3.63, 3.8) is 0 Å². The Bertz CT molecular complexity index is 5240. The summed E-state index contributed by atoms with van der Waals surface area (Å²) in [5, 5.41) is 0. The summed E-state index contributed by atoms with van der Waals surface area (Å²) in [5.74, 6) is 0. The highest BCUT2D eigenvalue weighted by Gasteiger charge is 2.53. The van der Waals surface area contributed by atoms with E-state index in [9.17, 15) is 0 Å². The van der Waals surface area contributed by atoms with Gasteiger partial charge in [-0.1, -0.05) is 317 Å². The SMILES string of the molecule is CC(C)(C)c1cc(-c2ccccc2)c(N2c3cc(N(c4ccccc4)c4ccccc4)ccc3B3c4c2cc(C(C)(C)C)cc4N(c2c(-c4ccccc4)cc(C(C)(C)C)cc2-c2ccccc2)c2ccc4c(c23)-c2ccccc2C4(c2ccccc2)c2ccccc2)c(-c2ccccc2)c1. The van der Waals surface area contributed by atoms with Crippen LogP contribution in [-0.4, -0.2) is 6.71 Å². The average molecular weight is 1300 g/mol. The van der Waals surface area contributed by atoms with E-state index in [0.29, 0.717) is 0 Å². The van der Waals surface area contributed by atoms with Crippen LogP contribution in [0.4, 0.5) is 51.2 Å². The van der Waals surface area contributed by atoms with Crippen molar-refractivity contribution in [1.29, 1.82) is 0 Å². The second-order valence-electron chi connectivity index (χ2n) is 30.8. The molecule has 14 aromatic rings. The van der Waals surface area contributed by atoms with Gasteiger partial charge in [-0.15, -0.1) is 0 Å². The molecule has 0 unspecified atom stereocenters. The number of para-hydroxylation sites is 2. The minimum Gasteiger partial charge on any atom is -0.310 e. The molecule has 2 heterocycles. The lowest BCUT2D eigenvalue weighted by Crippen LogP contribution is -2.62. The van der Waals surface area contributed by atoms with Gasteiger partial charge in [0.15, 0.2) is 0 Å². The van der Waals surface area contributed by atoms with Crippen LogP contribution in [-0.2, 0) is 21.7 Å². The second kappa shape index (κ2) is 24.5. The average Bonchev–Trinajstić information content (AvgIpc) is 1.64. The van der Waals surface area contributed by atoms with Gasteiger partial charge < -0.3 is 14.7 Å². The van der Waals surface area contributed by atoms with E-state index in [0.717, 1.165) is 73.4 Å². The maximum absolute atomic E-state index is 2.76. The highest BCUT2D eigenvalue weighted by atomic mass is 15.2. The standard InChI is InChI=1S/C97H82BN3/c1-94(2,3)71-58-78(65-36-18-10-19-37-65)92(79(59-71)66-38-20-11-21-39-66)100-85-57-55-83-89(77-52-34-35-53-82(77)97(83,69-44-26-14-27-45-69)70-46-28-15-29-47-70)91(85)98-84-56-54-76(99(74-48-30-16-31-49-74)75-50-32-17-33-51-75)64-86(84)101(88-63-73(96(7,8)9)62-87(100)90(88)98)93-80(67-40-22-12-23-41-67)60-72(95(4,5)6)61-81(93)68-42-24-13-25-43-68/h10-64H,1-9H3. The van der Waals surface area contributed by atoms with E-state index < -0.39 is 5.41 Å². The van der Waals surface area contributed by atoms with Crippen LogP contribution in [0.25, 0.3) is 55.6 Å². The molecule has 0 radical (unpaired) electrons. The lowest BCUT2D eigenvalue weighted by molar-refractivity contribution is 0.590. The zero-order chi connectivity index (χ0) is 68.9. The number of rotatable bonds is 11. The van der Waals surface area contributed by atoms with Crippen LogP contribution >= 0.6 is 0 Å². The van der Waals surface area contributed by atoms with Crippen molar-refractivity contribution in [1.82, 2.24) is 0 Å². The molecule has 0 spiro atoms. The van der Waals surface area contributed by atoms with Crippen LogP contribution in [0, 0.1) is 0 Å². The van der Waals surface area contributed by atoms with Crippen LogP contribution in [0.3, 0.4) is 0 Å². The van der Waals surface area contributed by atoms with Crippen LogP contribution in [0.1, 0.15) is 101 Å². The zero-order valence-corrected chi connectivity index (χ0v) is 59.2. The molecule has 17 rings (SSSR count). The fraction of sp³-hybridized carbons (Fsp3) is 0.134. The van der Waals surface area contributed by atoms with Crippen molar-refractivity contribution >= 4 is 74.3 Å². The number of anilines is 9. The molecular weight excluding hydrogens is 1220 g/mol. The van der Waals surface area contributed by atoms with Crippen LogP contribution < -0.4 is 31.1 Å². The molecule has 4 heteroatoms. The predicted molar refractivity (Wildman–Crippen MR) is 430 cm³/mol. The third-order valence-corrected chi connectivity index (χ3v) is 21.5.